The molecule has 0 spiro atoms. The number of hydrogen-bond donors (Lipinski definition) is 2. The maximum absolute atomic E-state index is 13.3. The van der Waals surface area contributed by atoms with Gasteiger partial charge < -0.3 is 11.1 Å². The molecular weight excluding hydrogens is 207 g/mol. The lowest BCUT2D eigenvalue weighted by Gasteiger charge is -2.16. The molecule has 4 heteroatoms. The fourth-order valence-electron chi connectivity index (χ4n) is 1.49. The Morgan fingerprint density at radius 1 is 1.50 bits per heavy atom. The van der Waals surface area contributed by atoms with E-state index in [-0.39, 0.29) is 17.5 Å². The van der Waals surface area contributed by atoms with Crippen molar-refractivity contribution < 1.29 is 9.18 Å². The molecular formula is C12H17FN2O. The number of carbonyl (C=O) groups excluding carboxylic acids is 1. The average Bonchev–Trinajstić information content (AvgIpc) is 2.28. The van der Waals surface area contributed by atoms with Crippen molar-refractivity contribution in [3.63, 3.8) is 0 Å². The van der Waals surface area contributed by atoms with Crippen molar-refractivity contribution in [2.45, 2.75) is 25.8 Å². The fourth-order valence-corrected chi connectivity index (χ4v) is 1.49. The van der Waals surface area contributed by atoms with Gasteiger partial charge in [0.25, 0.3) is 5.91 Å². The van der Waals surface area contributed by atoms with Crippen LogP contribution in [-0.4, -0.2) is 18.5 Å². The van der Waals surface area contributed by atoms with Crippen LogP contribution in [0.5, 0.6) is 0 Å². The number of carbonyl (C=O) groups is 1. The highest BCUT2D eigenvalue weighted by molar-refractivity contribution is 5.94. The third-order valence-corrected chi connectivity index (χ3v) is 2.46. The van der Waals surface area contributed by atoms with Gasteiger partial charge in [0.2, 0.25) is 0 Å². The summed E-state index contributed by atoms with van der Waals surface area (Å²) in [4.78, 5) is 11.7. The van der Waals surface area contributed by atoms with E-state index < -0.39 is 5.82 Å². The van der Waals surface area contributed by atoms with E-state index in [0.717, 1.165) is 6.42 Å². The van der Waals surface area contributed by atoms with E-state index in [1.807, 2.05) is 6.92 Å². The third-order valence-electron chi connectivity index (χ3n) is 2.46. The zero-order valence-electron chi connectivity index (χ0n) is 9.37. The molecule has 1 aromatic carbocycles. The van der Waals surface area contributed by atoms with E-state index in [9.17, 15) is 9.18 Å². The van der Waals surface area contributed by atoms with E-state index in [4.69, 9.17) is 5.73 Å². The number of amides is 1. The minimum Gasteiger partial charge on any atom is -0.349 e. The van der Waals surface area contributed by atoms with E-state index in [1.54, 1.807) is 12.1 Å². The lowest BCUT2D eigenvalue weighted by molar-refractivity contribution is 0.0930. The molecule has 0 saturated heterocycles. The van der Waals surface area contributed by atoms with E-state index >= 15 is 0 Å². The Morgan fingerprint density at radius 2 is 2.19 bits per heavy atom. The summed E-state index contributed by atoms with van der Waals surface area (Å²) in [7, 11) is 0. The summed E-state index contributed by atoms with van der Waals surface area (Å²) in [5.74, 6) is -0.874. The molecule has 1 atom stereocenters. The lowest BCUT2D eigenvalue weighted by atomic mass is 10.1. The van der Waals surface area contributed by atoms with Gasteiger partial charge in [0.1, 0.15) is 5.82 Å². The van der Waals surface area contributed by atoms with Crippen molar-refractivity contribution in [3.05, 3.63) is 35.6 Å². The quantitative estimate of drug-likeness (QED) is 0.799. The van der Waals surface area contributed by atoms with Crippen LogP contribution in [0.3, 0.4) is 0 Å². The first-order chi connectivity index (χ1) is 7.69. The zero-order chi connectivity index (χ0) is 12.0. The normalized spacial score (nSPS) is 12.2. The molecule has 0 heterocycles. The molecule has 0 aliphatic carbocycles. The molecule has 0 aromatic heterocycles. The molecule has 0 aliphatic heterocycles. The third kappa shape index (κ3) is 3.31. The van der Waals surface area contributed by atoms with Crippen molar-refractivity contribution in [2.75, 3.05) is 6.54 Å². The second-order valence-corrected chi connectivity index (χ2v) is 3.64. The van der Waals surface area contributed by atoms with Gasteiger partial charge in [-0.25, -0.2) is 4.39 Å². The monoisotopic (exact) mass is 224 g/mol. The Bertz CT molecular complexity index is 355. The van der Waals surface area contributed by atoms with Crippen LogP contribution in [0.15, 0.2) is 24.3 Å². The summed E-state index contributed by atoms with van der Waals surface area (Å²) in [6.07, 6.45) is 1.49. The van der Waals surface area contributed by atoms with Crippen LogP contribution in [0.1, 0.15) is 30.1 Å². The Balaban J connectivity index is 2.68. The molecule has 16 heavy (non-hydrogen) atoms. The Labute approximate surface area is 94.8 Å². The molecule has 3 nitrogen and oxygen atoms in total. The summed E-state index contributed by atoms with van der Waals surface area (Å²) >= 11 is 0. The summed E-state index contributed by atoms with van der Waals surface area (Å²) in [6.45, 7) is 2.47. The number of nitrogens with one attached hydrogen (secondary N) is 1. The molecule has 0 fully saturated rings. The topological polar surface area (TPSA) is 55.1 Å². The van der Waals surface area contributed by atoms with Crippen molar-refractivity contribution >= 4 is 5.91 Å². The molecule has 3 N–H and O–H groups in total. The predicted molar refractivity (Wildman–Crippen MR) is 61.6 cm³/mol. The zero-order valence-corrected chi connectivity index (χ0v) is 9.37. The van der Waals surface area contributed by atoms with Gasteiger partial charge in [-0.2, -0.15) is 0 Å². The molecule has 0 bridgehead atoms. The van der Waals surface area contributed by atoms with E-state index in [0.29, 0.717) is 13.0 Å². The van der Waals surface area contributed by atoms with Gasteiger partial charge in [-0.05, 0) is 31.5 Å². The second kappa shape index (κ2) is 6.23. The van der Waals surface area contributed by atoms with E-state index in [1.165, 1.54) is 12.1 Å². The molecule has 1 rings (SSSR count). The van der Waals surface area contributed by atoms with Gasteiger partial charge in [0.15, 0.2) is 0 Å². The van der Waals surface area contributed by atoms with Crippen LogP contribution in [0.25, 0.3) is 0 Å². The maximum atomic E-state index is 13.3. The summed E-state index contributed by atoms with van der Waals surface area (Å²) in [5.41, 5.74) is 5.51. The minimum atomic E-state index is -0.498. The Morgan fingerprint density at radius 3 is 2.75 bits per heavy atom. The van der Waals surface area contributed by atoms with Gasteiger partial charge in [-0.1, -0.05) is 19.1 Å². The molecule has 1 unspecified atom stereocenters. The summed E-state index contributed by atoms with van der Waals surface area (Å²) in [5, 5.41) is 2.77. The first-order valence-electron chi connectivity index (χ1n) is 5.44. The molecule has 1 aromatic rings. The molecule has 0 saturated carbocycles. The molecule has 1 amide bonds. The highest BCUT2D eigenvalue weighted by atomic mass is 19.1. The molecule has 0 aliphatic rings. The highest BCUT2D eigenvalue weighted by Crippen LogP contribution is 2.07. The maximum Gasteiger partial charge on any atom is 0.254 e. The highest BCUT2D eigenvalue weighted by Gasteiger charge is 2.14. The van der Waals surface area contributed by atoms with Crippen molar-refractivity contribution in [1.29, 1.82) is 0 Å². The standard InChI is InChI=1S/C12H17FN2O/c1-2-9(7-8-14)15-12(16)10-5-3-4-6-11(10)13/h3-6,9H,2,7-8,14H2,1H3,(H,15,16). The van der Waals surface area contributed by atoms with Gasteiger partial charge in [0.05, 0.1) is 5.56 Å². The van der Waals surface area contributed by atoms with Crippen LogP contribution in [-0.2, 0) is 0 Å². The van der Waals surface area contributed by atoms with Crippen LogP contribution >= 0.6 is 0 Å². The van der Waals surface area contributed by atoms with Crippen molar-refractivity contribution in [2.24, 2.45) is 5.73 Å². The lowest BCUT2D eigenvalue weighted by Crippen LogP contribution is -2.36. The first kappa shape index (κ1) is 12.6. The van der Waals surface area contributed by atoms with Gasteiger partial charge in [-0.3, -0.25) is 4.79 Å². The number of halogens is 1. The molecule has 0 radical (unpaired) electrons. The van der Waals surface area contributed by atoms with Crippen LogP contribution in [0.4, 0.5) is 4.39 Å². The Kier molecular flexibility index (Phi) is 4.92. The second-order valence-electron chi connectivity index (χ2n) is 3.64. The molecule has 88 valence electrons. The average molecular weight is 224 g/mol. The number of nitrogens with two attached hydrogens (primary N) is 1. The van der Waals surface area contributed by atoms with Gasteiger partial charge >= 0.3 is 0 Å². The minimum absolute atomic E-state index is 0.0112. The van der Waals surface area contributed by atoms with Crippen LogP contribution < -0.4 is 11.1 Å². The van der Waals surface area contributed by atoms with Gasteiger partial charge in [-0.15, -0.1) is 0 Å². The number of rotatable bonds is 5. The van der Waals surface area contributed by atoms with Crippen molar-refractivity contribution in [1.82, 2.24) is 5.32 Å². The SMILES string of the molecule is CCC(CCN)NC(=O)c1ccccc1F. The summed E-state index contributed by atoms with van der Waals surface area (Å²) in [6, 6.07) is 5.96. The van der Waals surface area contributed by atoms with Crippen LogP contribution in [0, 0.1) is 5.82 Å². The summed E-state index contributed by atoms with van der Waals surface area (Å²) < 4.78 is 13.3. The predicted octanol–water partition coefficient (Wildman–Crippen LogP) is 1.68. The Hall–Kier alpha value is -1.42. The largest absolute Gasteiger partial charge is 0.349 e. The first-order valence-corrected chi connectivity index (χ1v) is 5.44. The van der Waals surface area contributed by atoms with Gasteiger partial charge in [0, 0.05) is 6.04 Å². The van der Waals surface area contributed by atoms with Crippen LogP contribution in [0.2, 0.25) is 0 Å². The van der Waals surface area contributed by atoms with Crippen molar-refractivity contribution in [3.8, 4) is 0 Å². The number of benzene rings is 1. The number of hydrogen-bond acceptors (Lipinski definition) is 2. The smallest absolute Gasteiger partial charge is 0.254 e. The van der Waals surface area contributed by atoms with E-state index in [2.05, 4.69) is 5.32 Å². The fraction of sp³-hybridized carbons (Fsp3) is 0.417.